The van der Waals surface area contributed by atoms with Crippen LogP contribution in [0.2, 0.25) is 5.02 Å². The Hall–Kier alpha value is -3.48. The predicted molar refractivity (Wildman–Crippen MR) is 132 cm³/mol. The second-order valence-corrected chi connectivity index (χ2v) is 9.15. The van der Waals surface area contributed by atoms with Gasteiger partial charge < -0.3 is 5.32 Å². The lowest BCUT2D eigenvalue weighted by atomic mass is 10.0. The largest absolute Gasteiger partial charge is 0.325 e. The van der Waals surface area contributed by atoms with Crippen molar-refractivity contribution >= 4 is 55.5 Å². The van der Waals surface area contributed by atoms with E-state index in [9.17, 15) is 9.59 Å². The van der Waals surface area contributed by atoms with Gasteiger partial charge in [0.05, 0.1) is 11.7 Å². The Bertz CT molecular complexity index is 1540. The van der Waals surface area contributed by atoms with Crippen molar-refractivity contribution in [3.63, 3.8) is 0 Å². The summed E-state index contributed by atoms with van der Waals surface area (Å²) in [5.41, 5.74) is 2.18. The van der Waals surface area contributed by atoms with E-state index < -0.39 is 0 Å². The van der Waals surface area contributed by atoms with Crippen LogP contribution in [-0.2, 0) is 11.3 Å². The highest BCUT2D eigenvalue weighted by atomic mass is 35.5. The monoisotopic (exact) mass is 459 g/mol. The van der Waals surface area contributed by atoms with E-state index in [0.29, 0.717) is 20.9 Å². The van der Waals surface area contributed by atoms with Gasteiger partial charge in [0.2, 0.25) is 5.91 Å². The highest BCUT2D eigenvalue weighted by molar-refractivity contribution is 7.19. The molecule has 5 aromatic rings. The summed E-state index contributed by atoms with van der Waals surface area (Å²) in [5.74, 6) is -0.288. The predicted octanol–water partition coefficient (Wildman–Crippen LogP) is 5.88. The van der Waals surface area contributed by atoms with E-state index in [0.717, 1.165) is 26.8 Å². The topological polar surface area (TPSA) is 64.0 Å². The Labute approximate surface area is 192 Å². The van der Waals surface area contributed by atoms with Gasteiger partial charge in [0.25, 0.3) is 5.56 Å². The fourth-order valence-electron chi connectivity index (χ4n) is 3.84. The lowest BCUT2D eigenvalue weighted by Gasteiger charge is -2.09. The molecule has 0 spiro atoms. The maximum absolute atomic E-state index is 13.3. The standard InChI is InChI=1S/C25H18ClN3O2S/c1-15-22(17-6-9-19(26)10-7-17)23-24(32-15)27-14-29(25(23)31)13-21(30)28-20-11-8-16-4-2-3-5-18(16)12-20/h2-12,14H,13H2,1H3,(H,28,30). The Morgan fingerprint density at radius 1 is 1.06 bits per heavy atom. The van der Waals surface area contributed by atoms with E-state index in [1.807, 2.05) is 61.5 Å². The molecule has 0 saturated heterocycles. The number of hydrogen-bond acceptors (Lipinski definition) is 4. The van der Waals surface area contributed by atoms with Crippen molar-refractivity contribution in [2.24, 2.45) is 0 Å². The minimum Gasteiger partial charge on any atom is -0.325 e. The number of fused-ring (bicyclic) bond motifs is 2. The maximum Gasteiger partial charge on any atom is 0.263 e. The minimum atomic E-state index is -0.288. The number of benzene rings is 3. The number of thiophene rings is 1. The van der Waals surface area contributed by atoms with Crippen molar-refractivity contribution in [1.29, 1.82) is 0 Å². The minimum absolute atomic E-state index is 0.121. The Kier molecular flexibility index (Phi) is 5.25. The second kappa shape index (κ2) is 8.22. The van der Waals surface area contributed by atoms with Crippen molar-refractivity contribution < 1.29 is 4.79 Å². The summed E-state index contributed by atoms with van der Waals surface area (Å²) in [4.78, 5) is 32.1. The van der Waals surface area contributed by atoms with Crippen molar-refractivity contribution in [2.45, 2.75) is 13.5 Å². The van der Waals surface area contributed by atoms with Gasteiger partial charge in [-0.1, -0.05) is 54.1 Å². The molecule has 158 valence electrons. The van der Waals surface area contributed by atoms with E-state index in [-0.39, 0.29) is 18.0 Å². The zero-order valence-electron chi connectivity index (χ0n) is 17.1. The Morgan fingerprint density at radius 2 is 1.81 bits per heavy atom. The van der Waals surface area contributed by atoms with E-state index in [2.05, 4.69) is 10.3 Å². The fourth-order valence-corrected chi connectivity index (χ4v) is 4.97. The fraction of sp³-hybridized carbons (Fsp3) is 0.0800. The number of aromatic nitrogens is 2. The van der Waals surface area contributed by atoms with Gasteiger partial charge in [-0.3, -0.25) is 14.2 Å². The number of nitrogens with one attached hydrogen (secondary N) is 1. The number of halogens is 1. The van der Waals surface area contributed by atoms with Crippen LogP contribution >= 0.6 is 22.9 Å². The average molecular weight is 460 g/mol. The highest BCUT2D eigenvalue weighted by Gasteiger charge is 2.18. The van der Waals surface area contributed by atoms with Crippen molar-refractivity contribution in [2.75, 3.05) is 5.32 Å². The molecular weight excluding hydrogens is 442 g/mol. The van der Waals surface area contributed by atoms with E-state index in [1.165, 1.54) is 22.2 Å². The van der Waals surface area contributed by atoms with Crippen LogP contribution in [0.1, 0.15) is 4.88 Å². The van der Waals surface area contributed by atoms with Crippen LogP contribution in [0.3, 0.4) is 0 Å². The van der Waals surface area contributed by atoms with Gasteiger partial charge in [-0.2, -0.15) is 0 Å². The zero-order valence-corrected chi connectivity index (χ0v) is 18.7. The molecule has 0 aliphatic carbocycles. The molecule has 1 amide bonds. The number of anilines is 1. The molecule has 5 nitrogen and oxygen atoms in total. The molecule has 2 heterocycles. The molecule has 0 bridgehead atoms. The number of carbonyl (C=O) groups excluding carboxylic acids is 1. The summed E-state index contributed by atoms with van der Waals surface area (Å²) in [6.07, 6.45) is 1.44. The maximum atomic E-state index is 13.3. The molecule has 2 aromatic heterocycles. The molecule has 0 aliphatic rings. The molecule has 0 radical (unpaired) electrons. The number of carbonyl (C=O) groups is 1. The number of amides is 1. The highest BCUT2D eigenvalue weighted by Crippen LogP contribution is 2.35. The smallest absolute Gasteiger partial charge is 0.263 e. The average Bonchev–Trinajstić information content (AvgIpc) is 3.13. The summed E-state index contributed by atoms with van der Waals surface area (Å²) < 4.78 is 1.35. The second-order valence-electron chi connectivity index (χ2n) is 7.51. The Morgan fingerprint density at radius 3 is 2.59 bits per heavy atom. The molecule has 0 unspecified atom stereocenters. The first-order chi connectivity index (χ1) is 15.5. The lowest BCUT2D eigenvalue weighted by Crippen LogP contribution is -2.27. The summed E-state index contributed by atoms with van der Waals surface area (Å²) in [6, 6.07) is 21.0. The number of nitrogens with zero attached hydrogens (tertiary/aromatic N) is 2. The molecule has 0 saturated carbocycles. The zero-order chi connectivity index (χ0) is 22.2. The first-order valence-corrected chi connectivity index (χ1v) is 11.2. The first-order valence-electron chi connectivity index (χ1n) is 10.0. The number of hydrogen-bond donors (Lipinski definition) is 1. The quantitative estimate of drug-likeness (QED) is 0.365. The van der Waals surface area contributed by atoms with Crippen LogP contribution in [0, 0.1) is 6.92 Å². The van der Waals surface area contributed by atoms with Gasteiger partial charge in [0, 0.05) is 21.2 Å². The van der Waals surface area contributed by atoms with Crippen LogP contribution in [0.25, 0.3) is 32.1 Å². The van der Waals surface area contributed by atoms with Crippen LogP contribution in [0.5, 0.6) is 0 Å². The molecule has 3 aromatic carbocycles. The third kappa shape index (κ3) is 3.79. The van der Waals surface area contributed by atoms with Gasteiger partial charge >= 0.3 is 0 Å². The third-order valence-corrected chi connectivity index (χ3v) is 6.60. The number of rotatable bonds is 4. The van der Waals surface area contributed by atoms with E-state index in [4.69, 9.17) is 11.6 Å². The molecule has 32 heavy (non-hydrogen) atoms. The van der Waals surface area contributed by atoms with Gasteiger partial charge in [-0.25, -0.2) is 4.98 Å². The Balaban J connectivity index is 1.47. The summed E-state index contributed by atoms with van der Waals surface area (Å²) in [5, 5.41) is 6.16. The SMILES string of the molecule is Cc1sc2ncn(CC(=O)Nc3ccc4ccccc4c3)c(=O)c2c1-c1ccc(Cl)cc1. The van der Waals surface area contributed by atoms with Crippen molar-refractivity contribution in [3.05, 3.63) is 93.3 Å². The van der Waals surface area contributed by atoms with Crippen molar-refractivity contribution in [1.82, 2.24) is 9.55 Å². The molecule has 1 N–H and O–H groups in total. The third-order valence-electron chi connectivity index (χ3n) is 5.33. The normalized spacial score (nSPS) is 11.2. The molecule has 0 atom stereocenters. The molecular formula is C25H18ClN3O2S. The van der Waals surface area contributed by atoms with Gasteiger partial charge in [0.15, 0.2) is 0 Å². The van der Waals surface area contributed by atoms with E-state index >= 15 is 0 Å². The van der Waals surface area contributed by atoms with Crippen molar-refractivity contribution in [3.8, 4) is 11.1 Å². The van der Waals surface area contributed by atoms with E-state index in [1.54, 1.807) is 12.1 Å². The summed E-state index contributed by atoms with van der Waals surface area (Å²) in [6.45, 7) is 1.84. The van der Waals surface area contributed by atoms with Crippen LogP contribution < -0.4 is 10.9 Å². The molecule has 0 aliphatic heterocycles. The van der Waals surface area contributed by atoms with Gasteiger partial charge in [0.1, 0.15) is 11.4 Å². The van der Waals surface area contributed by atoms with Crippen LogP contribution in [0.4, 0.5) is 5.69 Å². The molecule has 5 rings (SSSR count). The van der Waals surface area contributed by atoms with Crippen LogP contribution in [-0.4, -0.2) is 15.5 Å². The summed E-state index contributed by atoms with van der Waals surface area (Å²) in [7, 11) is 0. The summed E-state index contributed by atoms with van der Waals surface area (Å²) >= 11 is 7.49. The van der Waals surface area contributed by atoms with Crippen LogP contribution in [0.15, 0.2) is 77.9 Å². The lowest BCUT2D eigenvalue weighted by molar-refractivity contribution is -0.116. The molecule has 0 fully saturated rings. The van der Waals surface area contributed by atoms with Gasteiger partial charge in [-0.05, 0) is 47.5 Å². The number of aryl methyl sites for hydroxylation is 1. The first kappa shape index (κ1) is 20.4. The van der Waals surface area contributed by atoms with Gasteiger partial charge in [-0.15, -0.1) is 11.3 Å². The molecule has 7 heteroatoms.